The fourth-order valence-corrected chi connectivity index (χ4v) is 2.93. The Morgan fingerprint density at radius 2 is 1.93 bits per heavy atom. The predicted molar refractivity (Wildman–Crippen MR) is 60.1 cm³/mol. The van der Waals surface area contributed by atoms with Gasteiger partial charge < -0.3 is 0 Å². The van der Waals surface area contributed by atoms with Gasteiger partial charge in [-0.2, -0.15) is 13.1 Å². The van der Waals surface area contributed by atoms with Gasteiger partial charge in [0.2, 0.25) is 0 Å². The van der Waals surface area contributed by atoms with Crippen molar-refractivity contribution in [2.45, 2.75) is 13.3 Å². The molecule has 4 nitrogen and oxygen atoms in total. The SMILES string of the molecule is Cc1ccc(N2CCCNS2(=O)=O)cc1. The molecule has 0 radical (unpaired) electrons. The Bertz CT molecular complexity index is 439. The maximum absolute atomic E-state index is 11.7. The molecule has 1 aliphatic rings. The highest BCUT2D eigenvalue weighted by Gasteiger charge is 2.25. The summed E-state index contributed by atoms with van der Waals surface area (Å²) in [5.41, 5.74) is 1.86. The molecule has 1 aliphatic heterocycles. The Morgan fingerprint density at radius 1 is 1.27 bits per heavy atom. The minimum absolute atomic E-state index is 0.532. The van der Waals surface area contributed by atoms with Gasteiger partial charge in [0.15, 0.2) is 0 Å². The number of hydrogen-bond donors (Lipinski definition) is 1. The molecule has 15 heavy (non-hydrogen) atoms. The number of benzene rings is 1. The van der Waals surface area contributed by atoms with E-state index in [1.54, 1.807) is 0 Å². The predicted octanol–water partition coefficient (Wildman–Crippen LogP) is 1.04. The third-order valence-corrected chi connectivity index (χ3v) is 3.98. The van der Waals surface area contributed by atoms with Crippen molar-refractivity contribution in [2.75, 3.05) is 17.4 Å². The lowest BCUT2D eigenvalue weighted by Crippen LogP contribution is -2.47. The molecule has 5 heteroatoms. The zero-order valence-corrected chi connectivity index (χ0v) is 9.42. The van der Waals surface area contributed by atoms with E-state index >= 15 is 0 Å². The number of nitrogens with zero attached hydrogens (tertiary/aromatic N) is 1. The van der Waals surface area contributed by atoms with E-state index in [1.807, 2.05) is 31.2 Å². The zero-order chi connectivity index (χ0) is 10.9. The summed E-state index contributed by atoms with van der Waals surface area (Å²) in [5, 5.41) is 0. The van der Waals surface area contributed by atoms with Crippen LogP contribution in [0.3, 0.4) is 0 Å². The summed E-state index contributed by atoms with van der Waals surface area (Å²) in [6, 6.07) is 7.50. The molecule has 0 saturated carbocycles. The minimum Gasteiger partial charge on any atom is -0.258 e. The molecule has 1 N–H and O–H groups in total. The van der Waals surface area contributed by atoms with Gasteiger partial charge in [-0.1, -0.05) is 17.7 Å². The molecule has 2 rings (SSSR count). The molecule has 0 amide bonds. The smallest absolute Gasteiger partial charge is 0.258 e. The highest BCUT2D eigenvalue weighted by molar-refractivity contribution is 7.90. The molecule has 1 fully saturated rings. The van der Waals surface area contributed by atoms with Crippen molar-refractivity contribution in [2.24, 2.45) is 0 Å². The van der Waals surface area contributed by atoms with Crippen molar-refractivity contribution in [3.05, 3.63) is 29.8 Å². The normalized spacial score (nSPS) is 20.2. The van der Waals surface area contributed by atoms with Crippen molar-refractivity contribution in [3.63, 3.8) is 0 Å². The Kier molecular flexibility index (Phi) is 2.67. The van der Waals surface area contributed by atoms with Gasteiger partial charge in [-0.3, -0.25) is 4.31 Å². The van der Waals surface area contributed by atoms with Crippen LogP contribution >= 0.6 is 0 Å². The van der Waals surface area contributed by atoms with E-state index < -0.39 is 10.2 Å². The first-order chi connectivity index (χ1) is 7.09. The van der Waals surface area contributed by atoms with E-state index in [0.717, 1.165) is 17.7 Å². The van der Waals surface area contributed by atoms with Crippen LogP contribution < -0.4 is 9.03 Å². The lowest BCUT2D eigenvalue weighted by molar-refractivity contribution is 0.560. The number of nitrogens with one attached hydrogen (secondary N) is 1. The summed E-state index contributed by atoms with van der Waals surface area (Å²) in [6.45, 7) is 3.07. The van der Waals surface area contributed by atoms with Gasteiger partial charge in [0.05, 0.1) is 5.69 Å². The average Bonchev–Trinajstić information content (AvgIpc) is 2.19. The molecule has 0 aromatic heterocycles. The second kappa shape index (κ2) is 3.83. The Balaban J connectivity index is 2.33. The van der Waals surface area contributed by atoms with Gasteiger partial charge >= 0.3 is 10.2 Å². The van der Waals surface area contributed by atoms with Crippen LogP contribution in [0.5, 0.6) is 0 Å². The largest absolute Gasteiger partial charge is 0.301 e. The Morgan fingerprint density at radius 3 is 2.53 bits per heavy atom. The summed E-state index contributed by atoms with van der Waals surface area (Å²) >= 11 is 0. The lowest BCUT2D eigenvalue weighted by atomic mass is 10.2. The monoisotopic (exact) mass is 226 g/mol. The van der Waals surface area contributed by atoms with Gasteiger partial charge in [0, 0.05) is 13.1 Å². The van der Waals surface area contributed by atoms with Crippen LogP contribution in [0.4, 0.5) is 5.69 Å². The fraction of sp³-hybridized carbons (Fsp3) is 0.400. The second-order valence-corrected chi connectivity index (χ2v) is 5.34. The number of hydrogen-bond acceptors (Lipinski definition) is 2. The van der Waals surface area contributed by atoms with Crippen LogP contribution in [-0.2, 0) is 10.2 Å². The van der Waals surface area contributed by atoms with Crippen LogP contribution in [0.25, 0.3) is 0 Å². The molecule has 1 heterocycles. The van der Waals surface area contributed by atoms with Crippen molar-refractivity contribution in [3.8, 4) is 0 Å². The number of aryl methyl sites for hydroxylation is 1. The molecule has 82 valence electrons. The Labute approximate surface area is 90.1 Å². The fourth-order valence-electron chi connectivity index (χ4n) is 1.60. The van der Waals surface area contributed by atoms with Crippen LogP contribution in [-0.4, -0.2) is 21.5 Å². The molecule has 0 atom stereocenters. The molecule has 1 saturated heterocycles. The third-order valence-electron chi connectivity index (χ3n) is 2.43. The summed E-state index contributed by atoms with van der Waals surface area (Å²) in [5.74, 6) is 0. The molecular formula is C10H14N2O2S. The van der Waals surface area contributed by atoms with Crippen LogP contribution in [0.15, 0.2) is 24.3 Å². The Hall–Kier alpha value is -1.07. The van der Waals surface area contributed by atoms with Crippen molar-refractivity contribution in [1.29, 1.82) is 0 Å². The molecule has 0 aliphatic carbocycles. The molecule has 1 aromatic rings. The average molecular weight is 226 g/mol. The van der Waals surface area contributed by atoms with E-state index in [1.165, 1.54) is 4.31 Å². The topological polar surface area (TPSA) is 49.4 Å². The molecular weight excluding hydrogens is 212 g/mol. The second-order valence-electron chi connectivity index (χ2n) is 3.66. The van der Waals surface area contributed by atoms with Crippen molar-refractivity contribution < 1.29 is 8.42 Å². The maximum Gasteiger partial charge on any atom is 0.301 e. The van der Waals surface area contributed by atoms with Crippen molar-refractivity contribution >= 4 is 15.9 Å². The quantitative estimate of drug-likeness (QED) is 0.778. The highest BCUT2D eigenvalue weighted by Crippen LogP contribution is 2.19. The summed E-state index contributed by atoms with van der Waals surface area (Å²) in [4.78, 5) is 0. The minimum atomic E-state index is -3.31. The summed E-state index contributed by atoms with van der Waals surface area (Å²) < 4.78 is 27.3. The van der Waals surface area contributed by atoms with E-state index in [4.69, 9.17) is 0 Å². The molecule has 0 unspecified atom stereocenters. The molecule has 0 bridgehead atoms. The van der Waals surface area contributed by atoms with Gasteiger partial charge in [0.25, 0.3) is 0 Å². The van der Waals surface area contributed by atoms with Crippen LogP contribution in [0.2, 0.25) is 0 Å². The first kappa shape index (κ1) is 10.4. The van der Waals surface area contributed by atoms with E-state index in [9.17, 15) is 8.42 Å². The summed E-state index contributed by atoms with van der Waals surface area (Å²) in [6.07, 6.45) is 0.840. The first-order valence-electron chi connectivity index (χ1n) is 4.93. The van der Waals surface area contributed by atoms with Gasteiger partial charge in [-0.15, -0.1) is 0 Å². The van der Waals surface area contributed by atoms with Gasteiger partial charge in [-0.05, 0) is 25.5 Å². The highest BCUT2D eigenvalue weighted by atomic mass is 32.2. The summed E-state index contributed by atoms with van der Waals surface area (Å²) in [7, 11) is -3.31. The van der Waals surface area contributed by atoms with E-state index in [-0.39, 0.29) is 0 Å². The third kappa shape index (κ3) is 2.13. The van der Waals surface area contributed by atoms with Crippen LogP contribution in [0, 0.1) is 6.92 Å². The molecule has 0 spiro atoms. The molecule has 1 aromatic carbocycles. The maximum atomic E-state index is 11.7. The van der Waals surface area contributed by atoms with Gasteiger partial charge in [0.1, 0.15) is 0 Å². The van der Waals surface area contributed by atoms with E-state index in [0.29, 0.717) is 13.1 Å². The first-order valence-corrected chi connectivity index (χ1v) is 6.37. The number of anilines is 1. The van der Waals surface area contributed by atoms with E-state index in [2.05, 4.69) is 4.72 Å². The number of rotatable bonds is 1. The standard InChI is InChI=1S/C10H14N2O2S/c1-9-3-5-10(6-4-9)12-8-2-7-11-15(12,13)14/h3-6,11H,2,7-8H2,1H3. The lowest BCUT2D eigenvalue weighted by Gasteiger charge is -2.28. The zero-order valence-electron chi connectivity index (χ0n) is 8.60. The van der Waals surface area contributed by atoms with Crippen molar-refractivity contribution in [1.82, 2.24) is 4.72 Å². The van der Waals surface area contributed by atoms with Gasteiger partial charge in [-0.25, -0.2) is 0 Å². The van der Waals surface area contributed by atoms with Crippen LogP contribution in [0.1, 0.15) is 12.0 Å².